The molecule has 3 heteroatoms. The lowest BCUT2D eigenvalue weighted by Gasteiger charge is -2.37. The Morgan fingerprint density at radius 1 is 1.05 bits per heavy atom. The summed E-state index contributed by atoms with van der Waals surface area (Å²) in [6.45, 7) is 0. The molecule has 2 aromatic carbocycles. The fourth-order valence-electron chi connectivity index (χ4n) is 2.78. The summed E-state index contributed by atoms with van der Waals surface area (Å²) in [4.78, 5) is 1.27. The topological polar surface area (TPSA) is 12.0 Å². The first-order valence-corrected chi connectivity index (χ1v) is 8.14. The summed E-state index contributed by atoms with van der Waals surface area (Å²) in [7, 11) is 0. The largest absolute Gasteiger partial charge is 0.381 e. The van der Waals surface area contributed by atoms with Gasteiger partial charge < -0.3 is 5.32 Å². The van der Waals surface area contributed by atoms with Gasteiger partial charge in [-0.2, -0.15) is 0 Å². The molecule has 0 amide bonds. The maximum absolute atomic E-state index is 13.7. The smallest absolute Gasteiger partial charge is 0.126 e. The van der Waals surface area contributed by atoms with Gasteiger partial charge in [0.25, 0.3) is 0 Å². The van der Waals surface area contributed by atoms with Crippen LogP contribution in [0.4, 0.5) is 10.1 Å². The minimum Gasteiger partial charge on any atom is -0.381 e. The Balaban J connectivity index is 1.63. The zero-order valence-electron chi connectivity index (χ0n) is 11.5. The first-order valence-electron chi connectivity index (χ1n) is 6.92. The lowest BCUT2D eigenvalue weighted by atomic mass is 9.75. The fourth-order valence-corrected chi connectivity index (χ4v) is 3.34. The first-order chi connectivity index (χ1) is 9.78. The van der Waals surface area contributed by atoms with Gasteiger partial charge in [-0.1, -0.05) is 30.3 Å². The van der Waals surface area contributed by atoms with Crippen molar-refractivity contribution in [2.45, 2.75) is 29.7 Å². The molecule has 0 unspecified atom stereocenters. The number of hydrogen-bond donors (Lipinski definition) is 1. The minimum atomic E-state index is -0.0690. The Bertz CT molecular complexity index is 593. The van der Waals surface area contributed by atoms with Crippen molar-refractivity contribution in [3.63, 3.8) is 0 Å². The minimum absolute atomic E-state index is 0.0690. The molecule has 1 aliphatic rings. The summed E-state index contributed by atoms with van der Waals surface area (Å²) in [5.41, 5.74) is 2.06. The van der Waals surface area contributed by atoms with Gasteiger partial charge in [0.1, 0.15) is 5.82 Å². The molecule has 0 aliphatic heterocycles. The lowest BCUT2D eigenvalue weighted by molar-refractivity contribution is 0.363. The van der Waals surface area contributed by atoms with Gasteiger partial charge in [0.05, 0.1) is 0 Å². The number of hydrogen-bond acceptors (Lipinski definition) is 2. The van der Waals surface area contributed by atoms with Crippen molar-refractivity contribution in [1.29, 1.82) is 0 Å². The van der Waals surface area contributed by atoms with Crippen molar-refractivity contribution < 1.29 is 4.39 Å². The second kappa shape index (κ2) is 5.88. The van der Waals surface area contributed by atoms with Gasteiger partial charge in [-0.25, -0.2) is 4.39 Å². The summed E-state index contributed by atoms with van der Waals surface area (Å²) in [6, 6.07) is 15.9. The molecular formula is C17H18FNS. The highest BCUT2D eigenvalue weighted by Gasteiger charge is 2.31. The van der Waals surface area contributed by atoms with Gasteiger partial charge in [0.15, 0.2) is 0 Å². The number of thioether (sulfide) groups is 1. The van der Waals surface area contributed by atoms with Gasteiger partial charge in [-0.05, 0) is 48.8 Å². The quantitative estimate of drug-likeness (QED) is 0.802. The second-order valence-electron chi connectivity index (χ2n) is 5.23. The molecule has 0 bridgehead atoms. The van der Waals surface area contributed by atoms with E-state index < -0.39 is 0 Å². The summed E-state index contributed by atoms with van der Waals surface area (Å²) in [5.74, 6) is 0.288. The number of nitrogens with one attached hydrogen (secondary N) is 1. The third-order valence-electron chi connectivity index (χ3n) is 3.95. The van der Waals surface area contributed by atoms with Crippen LogP contribution in [0.3, 0.4) is 0 Å². The van der Waals surface area contributed by atoms with Crippen LogP contribution in [-0.2, 0) is 0 Å². The van der Waals surface area contributed by atoms with E-state index in [0.29, 0.717) is 12.0 Å². The predicted octanol–water partition coefficient (Wildman–Crippen LogP) is 4.91. The standard InChI is InChI=1S/C17H18FNS/c1-20-17-9-5-4-8-16(17)19-13-10-12(11-13)14-6-2-3-7-15(14)18/h2-9,12-13,19H,10-11H2,1H3. The summed E-state index contributed by atoms with van der Waals surface area (Å²) in [6.07, 6.45) is 4.09. The van der Waals surface area contributed by atoms with Crippen LogP contribution in [0.2, 0.25) is 0 Å². The van der Waals surface area contributed by atoms with Crippen LogP contribution < -0.4 is 5.32 Å². The van der Waals surface area contributed by atoms with Gasteiger partial charge in [0.2, 0.25) is 0 Å². The maximum atomic E-state index is 13.7. The van der Waals surface area contributed by atoms with Crippen LogP contribution in [0.15, 0.2) is 53.4 Å². The van der Waals surface area contributed by atoms with Gasteiger partial charge in [-0.15, -0.1) is 11.8 Å². The molecule has 0 spiro atoms. The van der Waals surface area contributed by atoms with Crippen molar-refractivity contribution in [3.8, 4) is 0 Å². The summed E-state index contributed by atoms with van der Waals surface area (Å²) >= 11 is 1.75. The van der Waals surface area contributed by atoms with Crippen LogP contribution in [0.1, 0.15) is 24.3 Å². The van der Waals surface area contributed by atoms with Crippen molar-refractivity contribution in [2.24, 2.45) is 0 Å². The van der Waals surface area contributed by atoms with E-state index in [4.69, 9.17) is 0 Å². The Morgan fingerprint density at radius 3 is 2.50 bits per heavy atom. The van der Waals surface area contributed by atoms with Crippen LogP contribution in [-0.4, -0.2) is 12.3 Å². The number of halogens is 1. The molecule has 3 rings (SSSR count). The summed E-state index contributed by atoms with van der Waals surface area (Å²) < 4.78 is 13.7. The number of rotatable bonds is 4. The maximum Gasteiger partial charge on any atom is 0.126 e. The molecule has 0 saturated heterocycles. The van der Waals surface area contributed by atoms with E-state index >= 15 is 0 Å². The molecular weight excluding hydrogens is 269 g/mol. The van der Waals surface area contributed by atoms with Gasteiger partial charge in [0, 0.05) is 16.6 Å². The third-order valence-corrected chi connectivity index (χ3v) is 4.75. The highest BCUT2D eigenvalue weighted by molar-refractivity contribution is 7.98. The monoisotopic (exact) mass is 287 g/mol. The van der Waals surface area contributed by atoms with Crippen LogP contribution >= 0.6 is 11.8 Å². The van der Waals surface area contributed by atoms with Crippen LogP contribution in [0, 0.1) is 5.82 Å². The number of benzene rings is 2. The van der Waals surface area contributed by atoms with Crippen molar-refractivity contribution in [1.82, 2.24) is 0 Å². The molecule has 0 heterocycles. The molecule has 0 atom stereocenters. The SMILES string of the molecule is CSc1ccccc1NC1CC(c2ccccc2F)C1. The van der Waals surface area contributed by atoms with E-state index in [-0.39, 0.29) is 5.82 Å². The third kappa shape index (κ3) is 2.68. The molecule has 0 radical (unpaired) electrons. The van der Waals surface area contributed by atoms with E-state index in [2.05, 4.69) is 35.8 Å². The van der Waals surface area contributed by atoms with Gasteiger partial charge in [-0.3, -0.25) is 0 Å². The molecule has 1 aliphatic carbocycles. The Kier molecular flexibility index (Phi) is 3.97. The van der Waals surface area contributed by atoms with E-state index in [9.17, 15) is 4.39 Å². The summed E-state index contributed by atoms with van der Waals surface area (Å²) in [5, 5.41) is 3.57. The normalized spacial score (nSPS) is 21.3. The zero-order valence-corrected chi connectivity index (χ0v) is 12.3. The average molecular weight is 287 g/mol. The highest BCUT2D eigenvalue weighted by atomic mass is 32.2. The molecule has 1 N–H and O–H groups in total. The Morgan fingerprint density at radius 2 is 1.75 bits per heavy atom. The molecule has 1 fully saturated rings. The molecule has 0 aromatic heterocycles. The van der Waals surface area contributed by atoms with E-state index in [1.165, 1.54) is 10.6 Å². The average Bonchev–Trinajstić information content (AvgIpc) is 2.44. The van der Waals surface area contributed by atoms with E-state index in [1.54, 1.807) is 23.9 Å². The van der Waals surface area contributed by atoms with E-state index in [1.807, 2.05) is 12.1 Å². The van der Waals surface area contributed by atoms with Crippen molar-refractivity contribution in [2.75, 3.05) is 11.6 Å². The zero-order chi connectivity index (χ0) is 13.9. The molecule has 20 heavy (non-hydrogen) atoms. The lowest BCUT2D eigenvalue weighted by Crippen LogP contribution is -2.34. The molecule has 2 aromatic rings. The van der Waals surface area contributed by atoms with Crippen LogP contribution in [0.5, 0.6) is 0 Å². The predicted molar refractivity (Wildman–Crippen MR) is 84.0 cm³/mol. The highest BCUT2D eigenvalue weighted by Crippen LogP contribution is 2.40. The fraction of sp³-hybridized carbons (Fsp3) is 0.294. The first kappa shape index (κ1) is 13.5. The number of anilines is 1. The van der Waals surface area contributed by atoms with Crippen LogP contribution in [0.25, 0.3) is 0 Å². The molecule has 104 valence electrons. The Hall–Kier alpha value is -1.48. The van der Waals surface area contributed by atoms with E-state index in [0.717, 1.165) is 18.4 Å². The van der Waals surface area contributed by atoms with Crippen molar-refractivity contribution in [3.05, 3.63) is 59.9 Å². The van der Waals surface area contributed by atoms with Gasteiger partial charge >= 0.3 is 0 Å². The van der Waals surface area contributed by atoms with Crippen molar-refractivity contribution >= 4 is 17.4 Å². The molecule has 1 saturated carbocycles. The second-order valence-corrected chi connectivity index (χ2v) is 6.08. The number of para-hydroxylation sites is 1. The molecule has 1 nitrogen and oxygen atoms in total. The Labute approximate surface area is 123 Å².